The van der Waals surface area contributed by atoms with Crippen molar-refractivity contribution in [2.45, 2.75) is 19.9 Å². The number of carbonyl (C=O) groups excluding carboxylic acids is 1. The highest BCUT2D eigenvalue weighted by Gasteiger charge is 2.20. The molecule has 1 aromatic carbocycles. The summed E-state index contributed by atoms with van der Waals surface area (Å²) in [6, 6.07) is 11.4. The maximum absolute atomic E-state index is 11.6. The first-order valence-corrected chi connectivity index (χ1v) is 6.63. The standard InChI is InChI=1S/C15H17N5O/c1-10(8-16)11(2)20-9-13(14(17)21)15(19-20)18-12-6-4-3-5-7-12/h3-7,9-11H,1-2H3,(H2,17,21)(H,18,19). The maximum Gasteiger partial charge on any atom is 0.254 e. The fourth-order valence-electron chi connectivity index (χ4n) is 1.87. The van der Waals surface area contributed by atoms with Crippen LogP contribution in [-0.2, 0) is 0 Å². The quantitative estimate of drug-likeness (QED) is 0.880. The highest BCUT2D eigenvalue weighted by molar-refractivity contribution is 5.98. The lowest BCUT2D eigenvalue weighted by Gasteiger charge is -2.13. The monoisotopic (exact) mass is 283 g/mol. The Labute approximate surface area is 123 Å². The lowest BCUT2D eigenvalue weighted by Crippen LogP contribution is -2.14. The summed E-state index contributed by atoms with van der Waals surface area (Å²) in [6.07, 6.45) is 1.58. The van der Waals surface area contributed by atoms with Crippen LogP contribution in [0.1, 0.15) is 30.2 Å². The maximum atomic E-state index is 11.6. The molecule has 3 N–H and O–H groups in total. The van der Waals surface area contributed by atoms with Gasteiger partial charge in [-0.1, -0.05) is 18.2 Å². The first kappa shape index (κ1) is 14.6. The molecule has 2 rings (SSSR count). The number of nitrogens with two attached hydrogens (primary N) is 1. The SMILES string of the molecule is CC(C#N)C(C)n1cc(C(N)=O)c(Nc2ccccc2)n1. The van der Waals surface area contributed by atoms with Gasteiger partial charge < -0.3 is 11.1 Å². The number of rotatable bonds is 5. The van der Waals surface area contributed by atoms with Gasteiger partial charge in [0.25, 0.3) is 5.91 Å². The van der Waals surface area contributed by atoms with E-state index in [2.05, 4.69) is 16.5 Å². The number of benzene rings is 1. The van der Waals surface area contributed by atoms with Crippen LogP contribution in [0.4, 0.5) is 11.5 Å². The van der Waals surface area contributed by atoms with Crippen LogP contribution in [-0.4, -0.2) is 15.7 Å². The topological polar surface area (TPSA) is 96.7 Å². The van der Waals surface area contributed by atoms with E-state index in [-0.39, 0.29) is 12.0 Å². The number of hydrogen-bond acceptors (Lipinski definition) is 4. The second kappa shape index (κ2) is 6.09. The molecule has 2 aromatic rings. The number of carbonyl (C=O) groups is 1. The number of primary amides is 1. The molecule has 0 aliphatic heterocycles. The van der Waals surface area contributed by atoms with E-state index < -0.39 is 5.91 Å². The van der Waals surface area contributed by atoms with Crippen LogP contribution in [0.15, 0.2) is 36.5 Å². The summed E-state index contributed by atoms with van der Waals surface area (Å²) in [6.45, 7) is 3.68. The Hall–Kier alpha value is -2.81. The van der Waals surface area contributed by atoms with Crippen LogP contribution in [0.5, 0.6) is 0 Å². The number of amides is 1. The summed E-state index contributed by atoms with van der Waals surface area (Å²) in [4.78, 5) is 11.6. The minimum absolute atomic E-state index is 0.153. The van der Waals surface area contributed by atoms with Crippen LogP contribution < -0.4 is 11.1 Å². The van der Waals surface area contributed by atoms with Crippen molar-refractivity contribution in [3.63, 3.8) is 0 Å². The van der Waals surface area contributed by atoms with Gasteiger partial charge in [0, 0.05) is 11.9 Å². The molecule has 21 heavy (non-hydrogen) atoms. The van der Waals surface area contributed by atoms with Crippen molar-refractivity contribution in [2.24, 2.45) is 11.7 Å². The summed E-state index contributed by atoms with van der Waals surface area (Å²) < 4.78 is 1.60. The van der Waals surface area contributed by atoms with Gasteiger partial charge in [0.05, 0.1) is 18.0 Å². The predicted molar refractivity (Wildman–Crippen MR) is 80.0 cm³/mol. The molecule has 0 saturated heterocycles. The Balaban J connectivity index is 2.34. The predicted octanol–water partition coefficient (Wildman–Crippen LogP) is 2.45. The van der Waals surface area contributed by atoms with E-state index in [1.807, 2.05) is 37.3 Å². The Bertz CT molecular complexity index is 671. The number of hydrogen-bond donors (Lipinski definition) is 2. The zero-order valence-electron chi connectivity index (χ0n) is 11.9. The largest absolute Gasteiger partial charge is 0.365 e. The molecule has 0 fully saturated rings. The minimum Gasteiger partial charge on any atom is -0.365 e. The smallest absolute Gasteiger partial charge is 0.254 e. The third kappa shape index (κ3) is 3.20. The van der Waals surface area contributed by atoms with E-state index >= 15 is 0 Å². The van der Waals surface area contributed by atoms with Crippen molar-refractivity contribution in [3.8, 4) is 6.07 Å². The zero-order chi connectivity index (χ0) is 15.4. The average Bonchev–Trinajstić information content (AvgIpc) is 2.90. The van der Waals surface area contributed by atoms with Crippen molar-refractivity contribution in [1.82, 2.24) is 9.78 Å². The minimum atomic E-state index is -0.559. The molecule has 0 radical (unpaired) electrons. The third-order valence-electron chi connectivity index (χ3n) is 3.38. The van der Waals surface area contributed by atoms with E-state index in [4.69, 9.17) is 11.0 Å². The molecule has 0 spiro atoms. The van der Waals surface area contributed by atoms with Gasteiger partial charge >= 0.3 is 0 Å². The highest BCUT2D eigenvalue weighted by Crippen LogP contribution is 2.23. The molecule has 1 heterocycles. The molecule has 6 nitrogen and oxygen atoms in total. The molecular formula is C15H17N5O. The summed E-state index contributed by atoms with van der Waals surface area (Å²) in [5.41, 5.74) is 6.51. The highest BCUT2D eigenvalue weighted by atomic mass is 16.1. The van der Waals surface area contributed by atoms with Crippen LogP contribution in [0.2, 0.25) is 0 Å². The van der Waals surface area contributed by atoms with Crippen LogP contribution >= 0.6 is 0 Å². The zero-order valence-corrected chi connectivity index (χ0v) is 11.9. The van der Waals surface area contributed by atoms with Crippen molar-refractivity contribution in [3.05, 3.63) is 42.1 Å². The molecule has 6 heteroatoms. The Kier molecular flexibility index (Phi) is 4.24. The normalized spacial score (nSPS) is 13.2. The van der Waals surface area contributed by atoms with Crippen molar-refractivity contribution in [2.75, 3.05) is 5.32 Å². The number of nitriles is 1. The summed E-state index contributed by atoms with van der Waals surface area (Å²) in [5.74, 6) is -0.391. The van der Waals surface area contributed by atoms with Gasteiger partial charge in [-0.15, -0.1) is 0 Å². The van der Waals surface area contributed by atoms with Crippen molar-refractivity contribution in [1.29, 1.82) is 5.26 Å². The van der Waals surface area contributed by atoms with Gasteiger partial charge in [-0.05, 0) is 26.0 Å². The van der Waals surface area contributed by atoms with E-state index in [1.165, 1.54) is 0 Å². The number of nitrogens with one attached hydrogen (secondary N) is 1. The lowest BCUT2D eigenvalue weighted by molar-refractivity contribution is 0.100. The van der Waals surface area contributed by atoms with E-state index in [9.17, 15) is 4.79 Å². The number of aromatic nitrogens is 2. The lowest BCUT2D eigenvalue weighted by atomic mass is 10.1. The van der Waals surface area contributed by atoms with Crippen LogP contribution in [0.25, 0.3) is 0 Å². The molecule has 2 atom stereocenters. The van der Waals surface area contributed by atoms with Crippen LogP contribution in [0, 0.1) is 17.2 Å². The van der Waals surface area contributed by atoms with Gasteiger partial charge in [0.15, 0.2) is 5.82 Å². The van der Waals surface area contributed by atoms with E-state index in [0.29, 0.717) is 11.4 Å². The average molecular weight is 283 g/mol. The summed E-state index contributed by atoms with van der Waals surface area (Å²) >= 11 is 0. The molecule has 0 aliphatic rings. The van der Waals surface area contributed by atoms with Gasteiger partial charge in [0.2, 0.25) is 0 Å². The Morgan fingerprint density at radius 1 is 1.38 bits per heavy atom. The Morgan fingerprint density at radius 3 is 2.62 bits per heavy atom. The second-order valence-corrected chi connectivity index (χ2v) is 4.89. The van der Waals surface area contributed by atoms with Gasteiger partial charge in [-0.2, -0.15) is 10.4 Å². The van der Waals surface area contributed by atoms with Gasteiger partial charge in [-0.3, -0.25) is 9.48 Å². The molecular weight excluding hydrogens is 266 g/mol. The summed E-state index contributed by atoms with van der Waals surface area (Å²) in [7, 11) is 0. The molecule has 0 bridgehead atoms. The Morgan fingerprint density at radius 2 is 2.05 bits per heavy atom. The number of anilines is 2. The summed E-state index contributed by atoms with van der Waals surface area (Å²) in [5, 5.41) is 16.4. The van der Waals surface area contributed by atoms with Crippen molar-refractivity contribution >= 4 is 17.4 Å². The van der Waals surface area contributed by atoms with Crippen LogP contribution in [0.3, 0.4) is 0 Å². The fraction of sp³-hybridized carbons (Fsp3) is 0.267. The second-order valence-electron chi connectivity index (χ2n) is 4.89. The van der Waals surface area contributed by atoms with E-state index in [0.717, 1.165) is 5.69 Å². The van der Waals surface area contributed by atoms with Gasteiger partial charge in [0.1, 0.15) is 5.56 Å². The molecule has 2 unspecified atom stereocenters. The van der Waals surface area contributed by atoms with Gasteiger partial charge in [-0.25, -0.2) is 0 Å². The molecule has 0 saturated carbocycles. The van der Waals surface area contributed by atoms with E-state index in [1.54, 1.807) is 17.8 Å². The third-order valence-corrected chi connectivity index (χ3v) is 3.38. The molecule has 0 aliphatic carbocycles. The number of para-hydroxylation sites is 1. The number of nitrogens with zero attached hydrogens (tertiary/aromatic N) is 3. The molecule has 1 aromatic heterocycles. The first-order valence-electron chi connectivity index (χ1n) is 6.63. The molecule has 1 amide bonds. The van der Waals surface area contributed by atoms with Crippen molar-refractivity contribution < 1.29 is 4.79 Å². The first-order chi connectivity index (χ1) is 10.0. The molecule has 108 valence electrons. The fourth-order valence-corrected chi connectivity index (χ4v) is 1.87.